The summed E-state index contributed by atoms with van der Waals surface area (Å²) < 4.78 is 28.2. The van der Waals surface area contributed by atoms with Gasteiger partial charge < -0.3 is 5.11 Å². The predicted molar refractivity (Wildman–Crippen MR) is 68.3 cm³/mol. The van der Waals surface area contributed by atoms with Crippen molar-refractivity contribution in [2.75, 3.05) is 0 Å². The van der Waals surface area contributed by atoms with E-state index < -0.39 is 17.8 Å². The lowest BCUT2D eigenvalue weighted by molar-refractivity contribution is -0.171. The van der Waals surface area contributed by atoms with Crippen LogP contribution in [0.1, 0.15) is 43.6 Å². The van der Waals surface area contributed by atoms with Gasteiger partial charge in [-0.25, -0.2) is 4.79 Å². The Labute approximate surface area is 111 Å². The average molecular weight is 268 g/mol. The summed E-state index contributed by atoms with van der Waals surface area (Å²) in [5, 5.41) is 8.85. The highest BCUT2D eigenvalue weighted by Crippen LogP contribution is 2.45. The molecule has 1 fully saturated rings. The maximum atomic E-state index is 14.1. The van der Waals surface area contributed by atoms with E-state index in [0.717, 1.165) is 19.3 Å². The second kappa shape index (κ2) is 5.68. The lowest BCUT2D eigenvalue weighted by atomic mass is 9.74. The first-order valence-electron chi connectivity index (χ1n) is 6.69. The molecule has 1 N–H and O–H groups in total. The molecule has 1 aliphatic rings. The van der Waals surface area contributed by atoms with Gasteiger partial charge in [0.05, 0.1) is 5.92 Å². The summed E-state index contributed by atoms with van der Waals surface area (Å²) in [5.41, 5.74) is 0.432. The molecule has 19 heavy (non-hydrogen) atoms. The molecule has 1 saturated carbocycles. The van der Waals surface area contributed by atoms with Crippen LogP contribution in [-0.4, -0.2) is 17.0 Å². The monoisotopic (exact) mass is 268 g/mol. The highest BCUT2D eigenvalue weighted by Gasteiger charge is 2.51. The first-order chi connectivity index (χ1) is 9.03. The zero-order valence-electron chi connectivity index (χ0n) is 10.7. The van der Waals surface area contributed by atoms with Gasteiger partial charge in [0.2, 0.25) is 0 Å². The summed E-state index contributed by atoms with van der Waals surface area (Å²) in [6, 6.07) is 8.33. The molecular formula is C15H18F2O2. The minimum atomic E-state index is -3.71. The predicted octanol–water partition coefficient (Wildman–Crippen LogP) is 4.07. The quantitative estimate of drug-likeness (QED) is 0.893. The van der Waals surface area contributed by atoms with E-state index in [1.54, 1.807) is 30.3 Å². The van der Waals surface area contributed by atoms with Crippen molar-refractivity contribution in [3.05, 3.63) is 35.9 Å². The smallest absolute Gasteiger partial charge is 0.375 e. The minimum Gasteiger partial charge on any atom is -0.477 e. The number of halogens is 2. The summed E-state index contributed by atoms with van der Waals surface area (Å²) >= 11 is 0. The average Bonchev–Trinajstić information content (AvgIpc) is 2.41. The van der Waals surface area contributed by atoms with Gasteiger partial charge in [0, 0.05) is 0 Å². The van der Waals surface area contributed by atoms with Crippen LogP contribution in [-0.2, 0) is 4.79 Å². The fourth-order valence-electron chi connectivity index (χ4n) is 3.04. The van der Waals surface area contributed by atoms with E-state index in [-0.39, 0.29) is 5.92 Å². The second-order valence-electron chi connectivity index (χ2n) is 5.21. The number of carboxylic acids is 1. The fourth-order valence-corrected chi connectivity index (χ4v) is 3.04. The molecule has 1 atom stereocenters. The number of benzene rings is 1. The second-order valence-corrected chi connectivity index (χ2v) is 5.21. The van der Waals surface area contributed by atoms with E-state index in [1.165, 1.54) is 0 Å². The van der Waals surface area contributed by atoms with Crippen LogP contribution in [0.5, 0.6) is 0 Å². The Kier molecular flexibility index (Phi) is 4.17. The maximum absolute atomic E-state index is 14.1. The lowest BCUT2D eigenvalue weighted by Crippen LogP contribution is -2.40. The van der Waals surface area contributed by atoms with E-state index in [2.05, 4.69) is 0 Å². The SMILES string of the molecule is O=C(O)C(F)(F)C(c1ccccc1)C1CCCCC1. The van der Waals surface area contributed by atoms with Crippen LogP contribution in [0, 0.1) is 5.92 Å². The molecule has 0 amide bonds. The van der Waals surface area contributed by atoms with Crippen molar-refractivity contribution >= 4 is 5.97 Å². The third kappa shape index (κ3) is 2.94. The third-order valence-electron chi connectivity index (χ3n) is 3.96. The Balaban J connectivity index is 2.35. The molecule has 0 aliphatic heterocycles. The summed E-state index contributed by atoms with van der Waals surface area (Å²) in [6.45, 7) is 0. The van der Waals surface area contributed by atoms with Crippen LogP contribution in [0.25, 0.3) is 0 Å². The van der Waals surface area contributed by atoms with Crippen LogP contribution in [0.15, 0.2) is 30.3 Å². The third-order valence-corrected chi connectivity index (χ3v) is 3.96. The van der Waals surface area contributed by atoms with Crippen LogP contribution in [0.4, 0.5) is 8.78 Å². The number of alkyl halides is 2. The van der Waals surface area contributed by atoms with Crippen molar-refractivity contribution in [1.82, 2.24) is 0 Å². The minimum absolute atomic E-state index is 0.248. The van der Waals surface area contributed by atoms with Crippen LogP contribution >= 0.6 is 0 Å². The highest BCUT2D eigenvalue weighted by atomic mass is 19.3. The van der Waals surface area contributed by atoms with Gasteiger partial charge in [-0.3, -0.25) is 0 Å². The molecule has 2 nitrogen and oxygen atoms in total. The molecule has 2 rings (SSSR count). The van der Waals surface area contributed by atoms with E-state index in [9.17, 15) is 13.6 Å². The van der Waals surface area contributed by atoms with Crippen molar-refractivity contribution in [3.63, 3.8) is 0 Å². The summed E-state index contributed by atoms with van der Waals surface area (Å²) in [5.74, 6) is -7.19. The van der Waals surface area contributed by atoms with Crippen molar-refractivity contribution in [3.8, 4) is 0 Å². The van der Waals surface area contributed by atoms with Crippen molar-refractivity contribution < 1.29 is 18.7 Å². The van der Waals surface area contributed by atoms with Gasteiger partial charge >= 0.3 is 11.9 Å². The Morgan fingerprint density at radius 3 is 2.26 bits per heavy atom. The number of carbonyl (C=O) groups is 1. The normalized spacial score (nSPS) is 19.1. The van der Waals surface area contributed by atoms with E-state index in [0.29, 0.717) is 18.4 Å². The van der Waals surface area contributed by atoms with Gasteiger partial charge in [-0.2, -0.15) is 8.78 Å². The standard InChI is InChI=1S/C15H18F2O2/c16-15(17,14(18)19)13(11-7-3-1-4-8-11)12-9-5-2-6-10-12/h1,3-4,7-8,12-13H,2,5-6,9-10H2,(H,18,19). The largest absolute Gasteiger partial charge is 0.477 e. The van der Waals surface area contributed by atoms with E-state index in [1.807, 2.05) is 0 Å². The molecule has 4 heteroatoms. The molecule has 0 heterocycles. The molecular weight excluding hydrogens is 250 g/mol. The van der Waals surface area contributed by atoms with Crippen molar-refractivity contribution in [2.24, 2.45) is 5.92 Å². The molecule has 1 aliphatic carbocycles. The first-order valence-corrected chi connectivity index (χ1v) is 6.69. The number of rotatable bonds is 4. The molecule has 1 aromatic rings. The van der Waals surface area contributed by atoms with Crippen LogP contribution in [0.2, 0.25) is 0 Å². The van der Waals surface area contributed by atoms with Gasteiger partial charge in [0.15, 0.2) is 0 Å². The molecule has 104 valence electrons. The van der Waals surface area contributed by atoms with Gasteiger partial charge in [-0.1, -0.05) is 49.6 Å². The summed E-state index contributed by atoms with van der Waals surface area (Å²) in [6.07, 6.45) is 4.23. The molecule has 0 aromatic heterocycles. The van der Waals surface area contributed by atoms with E-state index in [4.69, 9.17) is 5.11 Å². The highest BCUT2D eigenvalue weighted by molar-refractivity contribution is 5.77. The summed E-state index contributed by atoms with van der Waals surface area (Å²) in [4.78, 5) is 10.9. The summed E-state index contributed by atoms with van der Waals surface area (Å²) in [7, 11) is 0. The number of hydrogen-bond donors (Lipinski definition) is 1. The van der Waals surface area contributed by atoms with Gasteiger partial charge in [-0.05, 0) is 24.3 Å². The number of aliphatic carboxylic acids is 1. The maximum Gasteiger partial charge on any atom is 0.375 e. The van der Waals surface area contributed by atoms with E-state index >= 15 is 0 Å². The number of carboxylic acid groups (broad SMARTS) is 1. The van der Waals surface area contributed by atoms with Gasteiger partial charge in [0.25, 0.3) is 0 Å². The molecule has 0 bridgehead atoms. The van der Waals surface area contributed by atoms with Gasteiger partial charge in [0.1, 0.15) is 0 Å². The Hall–Kier alpha value is -1.45. The Bertz CT molecular complexity index is 425. The zero-order valence-corrected chi connectivity index (χ0v) is 10.7. The molecule has 1 aromatic carbocycles. The van der Waals surface area contributed by atoms with Gasteiger partial charge in [-0.15, -0.1) is 0 Å². The molecule has 0 radical (unpaired) electrons. The van der Waals surface area contributed by atoms with Crippen molar-refractivity contribution in [1.29, 1.82) is 0 Å². The zero-order chi connectivity index (χ0) is 13.9. The Morgan fingerprint density at radius 2 is 1.74 bits per heavy atom. The molecule has 1 unspecified atom stereocenters. The number of hydrogen-bond acceptors (Lipinski definition) is 1. The van der Waals surface area contributed by atoms with Crippen molar-refractivity contribution in [2.45, 2.75) is 43.9 Å². The molecule has 0 saturated heterocycles. The topological polar surface area (TPSA) is 37.3 Å². The Morgan fingerprint density at radius 1 is 1.16 bits per heavy atom. The first kappa shape index (κ1) is 14.0. The lowest BCUT2D eigenvalue weighted by Gasteiger charge is -2.34. The fraction of sp³-hybridized carbons (Fsp3) is 0.533. The van der Waals surface area contributed by atoms with Crippen LogP contribution < -0.4 is 0 Å². The van der Waals surface area contributed by atoms with Crippen LogP contribution in [0.3, 0.4) is 0 Å². The molecule has 0 spiro atoms.